The van der Waals surface area contributed by atoms with Gasteiger partial charge in [-0.15, -0.1) is 0 Å². The quantitative estimate of drug-likeness (QED) is 0.324. The van der Waals surface area contributed by atoms with Crippen LogP contribution in [0.15, 0.2) is 36.5 Å². The van der Waals surface area contributed by atoms with Crippen molar-refractivity contribution in [3.8, 4) is 5.75 Å². The number of aryl methyl sites for hydroxylation is 1. The molecule has 184 valence electrons. The van der Waals surface area contributed by atoms with E-state index in [4.69, 9.17) is 9.84 Å². The average Bonchev–Trinajstić information content (AvgIpc) is 2.85. The first-order chi connectivity index (χ1) is 16.0. The van der Waals surface area contributed by atoms with Gasteiger partial charge in [-0.25, -0.2) is 4.73 Å². The number of carbonyl (C=O) groups excluding carboxylic acids is 1. The van der Waals surface area contributed by atoms with Gasteiger partial charge in [0.15, 0.2) is 0 Å². The molecule has 3 rings (SSSR count). The van der Waals surface area contributed by atoms with E-state index in [-0.39, 0.29) is 13.0 Å². The molecule has 0 fully saturated rings. The molecule has 2 aromatic rings. The molecule has 11 heteroatoms. The minimum absolute atomic E-state index is 0.0463. The van der Waals surface area contributed by atoms with Crippen molar-refractivity contribution >= 4 is 17.7 Å². The number of amides is 1. The third-order valence-corrected chi connectivity index (χ3v) is 5.43. The highest BCUT2D eigenvalue weighted by molar-refractivity contribution is 5.84. The third kappa shape index (κ3) is 7.00. The lowest BCUT2D eigenvalue weighted by atomic mass is 9.94. The highest BCUT2D eigenvalue weighted by Gasteiger charge is 2.38. The van der Waals surface area contributed by atoms with Crippen molar-refractivity contribution in [2.24, 2.45) is 5.92 Å². The standard InChI is InChI=1S/C23H26F3N3O5/c1-15-5-7-29(33)20(9-15)27-6-2-8-34-19-4-3-16-10-17(12-21(30)31)22(32)28(13-18(16)11-19)14-23(24,25)26/h3-5,7,9,11,17,27H,2,6,8,10,12-14H2,1H3,(H,30,31). The Balaban J connectivity index is 1.64. The van der Waals surface area contributed by atoms with Gasteiger partial charge >= 0.3 is 12.1 Å². The fraction of sp³-hybridized carbons (Fsp3) is 0.435. The van der Waals surface area contributed by atoms with Crippen LogP contribution in [0.1, 0.15) is 29.5 Å². The van der Waals surface area contributed by atoms with E-state index in [1.807, 2.05) is 6.92 Å². The summed E-state index contributed by atoms with van der Waals surface area (Å²) in [7, 11) is 0. The summed E-state index contributed by atoms with van der Waals surface area (Å²) in [5.74, 6) is -2.27. The summed E-state index contributed by atoms with van der Waals surface area (Å²) >= 11 is 0. The topological polar surface area (TPSA) is 106 Å². The first-order valence-electron chi connectivity index (χ1n) is 10.8. The zero-order valence-electron chi connectivity index (χ0n) is 18.6. The van der Waals surface area contributed by atoms with Gasteiger partial charge in [0.05, 0.1) is 31.7 Å². The van der Waals surface area contributed by atoms with Crippen LogP contribution in [0.4, 0.5) is 19.0 Å². The molecule has 1 aromatic carbocycles. The number of nitrogens with one attached hydrogen (secondary N) is 1. The number of fused-ring (bicyclic) bond motifs is 1. The fourth-order valence-corrected chi connectivity index (χ4v) is 3.85. The van der Waals surface area contributed by atoms with Gasteiger partial charge in [-0.1, -0.05) is 6.07 Å². The smallest absolute Gasteiger partial charge is 0.406 e. The zero-order valence-corrected chi connectivity index (χ0v) is 18.6. The minimum Gasteiger partial charge on any atom is -0.711 e. The number of aliphatic carboxylic acids is 1. The monoisotopic (exact) mass is 481 g/mol. The number of ether oxygens (including phenoxy) is 1. The third-order valence-electron chi connectivity index (χ3n) is 5.43. The molecule has 0 bridgehead atoms. The number of halogens is 3. The van der Waals surface area contributed by atoms with Crippen molar-refractivity contribution in [1.29, 1.82) is 0 Å². The maximum absolute atomic E-state index is 13.0. The summed E-state index contributed by atoms with van der Waals surface area (Å²) in [6, 6.07) is 8.34. The zero-order chi connectivity index (χ0) is 24.9. The van der Waals surface area contributed by atoms with Gasteiger partial charge in [0.2, 0.25) is 5.91 Å². The van der Waals surface area contributed by atoms with E-state index >= 15 is 0 Å². The van der Waals surface area contributed by atoms with Crippen LogP contribution in [0.3, 0.4) is 0 Å². The number of nitrogens with zero attached hydrogens (tertiary/aromatic N) is 2. The van der Waals surface area contributed by atoms with Crippen molar-refractivity contribution in [3.05, 3.63) is 58.4 Å². The summed E-state index contributed by atoms with van der Waals surface area (Å²) in [4.78, 5) is 24.4. The van der Waals surface area contributed by atoms with Gasteiger partial charge in [0.1, 0.15) is 12.3 Å². The minimum atomic E-state index is -4.60. The van der Waals surface area contributed by atoms with Crippen molar-refractivity contribution in [3.63, 3.8) is 0 Å². The molecular weight excluding hydrogens is 455 g/mol. The van der Waals surface area contributed by atoms with Gasteiger partial charge in [-0.2, -0.15) is 13.2 Å². The second-order valence-corrected chi connectivity index (χ2v) is 8.28. The highest BCUT2D eigenvalue weighted by Crippen LogP contribution is 2.30. The van der Waals surface area contributed by atoms with Crippen LogP contribution >= 0.6 is 0 Å². The first kappa shape index (κ1) is 25.1. The summed E-state index contributed by atoms with van der Waals surface area (Å²) in [6.07, 6.45) is -3.12. The van der Waals surface area contributed by atoms with Gasteiger partial charge < -0.3 is 20.0 Å². The number of carbonyl (C=O) groups is 2. The molecule has 1 aromatic heterocycles. The molecule has 2 N–H and O–H groups in total. The predicted molar refractivity (Wildman–Crippen MR) is 116 cm³/mol. The number of aromatic nitrogens is 1. The summed E-state index contributed by atoms with van der Waals surface area (Å²) in [5.41, 5.74) is 2.06. The van der Waals surface area contributed by atoms with Crippen LogP contribution in [0, 0.1) is 18.0 Å². The van der Waals surface area contributed by atoms with Crippen LogP contribution < -0.4 is 14.8 Å². The lowest BCUT2D eigenvalue weighted by molar-refractivity contribution is -0.590. The Hall–Kier alpha value is -3.50. The lowest BCUT2D eigenvalue weighted by Gasteiger charge is -2.25. The average molecular weight is 481 g/mol. The molecule has 1 unspecified atom stereocenters. The Bertz CT molecular complexity index is 1040. The number of benzene rings is 1. The molecule has 0 spiro atoms. The highest BCUT2D eigenvalue weighted by atomic mass is 19.4. The Kier molecular flexibility index (Phi) is 7.85. The molecule has 1 amide bonds. The van der Waals surface area contributed by atoms with Crippen LogP contribution in [0.2, 0.25) is 0 Å². The van der Waals surface area contributed by atoms with E-state index in [9.17, 15) is 28.0 Å². The molecule has 2 heterocycles. The number of alkyl halides is 3. The molecule has 0 radical (unpaired) electrons. The van der Waals surface area contributed by atoms with Crippen LogP contribution in [0.25, 0.3) is 0 Å². The molecule has 0 aliphatic carbocycles. The van der Waals surface area contributed by atoms with Crippen molar-refractivity contribution < 1.29 is 37.3 Å². The van der Waals surface area contributed by atoms with Crippen molar-refractivity contribution in [2.75, 3.05) is 25.0 Å². The molecule has 0 saturated heterocycles. The number of carboxylic acid groups (broad SMARTS) is 1. The van der Waals surface area contributed by atoms with E-state index in [0.29, 0.717) is 47.2 Å². The molecule has 1 aliphatic rings. The van der Waals surface area contributed by atoms with Crippen LogP contribution in [0.5, 0.6) is 5.75 Å². The fourth-order valence-electron chi connectivity index (χ4n) is 3.85. The van der Waals surface area contributed by atoms with E-state index in [1.165, 1.54) is 6.20 Å². The van der Waals surface area contributed by atoms with Gasteiger partial charge in [-0.05, 0) is 48.2 Å². The maximum Gasteiger partial charge on any atom is 0.406 e. The lowest BCUT2D eigenvalue weighted by Crippen LogP contribution is -2.41. The van der Waals surface area contributed by atoms with Crippen molar-refractivity contribution in [2.45, 2.75) is 38.9 Å². The summed E-state index contributed by atoms with van der Waals surface area (Å²) in [6.45, 7) is 0.917. The maximum atomic E-state index is 13.0. The van der Waals surface area contributed by atoms with E-state index < -0.39 is 36.9 Å². The number of rotatable bonds is 9. The number of carboxylic acids is 1. The molecule has 8 nitrogen and oxygen atoms in total. The number of anilines is 1. The molecule has 34 heavy (non-hydrogen) atoms. The Labute approximate surface area is 194 Å². The Morgan fingerprint density at radius 3 is 2.76 bits per heavy atom. The predicted octanol–water partition coefficient (Wildman–Crippen LogP) is 3.05. The number of pyridine rings is 1. The Morgan fingerprint density at radius 1 is 1.29 bits per heavy atom. The number of hydrogen-bond donors (Lipinski definition) is 2. The number of hydrogen-bond acceptors (Lipinski definition) is 5. The molecular formula is C23H26F3N3O5. The SMILES string of the molecule is Cc1cc[n+]([O-])c(NCCCOc2ccc3c(c2)CN(CC(F)(F)F)C(=O)C(CC(=O)O)C3)c1. The normalized spacial score (nSPS) is 16.1. The van der Waals surface area contributed by atoms with Crippen LogP contribution in [-0.2, 0) is 22.6 Å². The van der Waals surface area contributed by atoms with E-state index in [0.717, 1.165) is 10.3 Å². The first-order valence-corrected chi connectivity index (χ1v) is 10.8. The Morgan fingerprint density at radius 2 is 2.06 bits per heavy atom. The van der Waals surface area contributed by atoms with Gasteiger partial charge in [0, 0.05) is 19.0 Å². The summed E-state index contributed by atoms with van der Waals surface area (Å²) in [5, 5.41) is 23.8. The van der Waals surface area contributed by atoms with E-state index in [2.05, 4.69) is 5.32 Å². The largest absolute Gasteiger partial charge is 0.711 e. The van der Waals surface area contributed by atoms with Crippen LogP contribution in [-0.4, -0.2) is 47.8 Å². The molecule has 0 saturated carbocycles. The second-order valence-electron chi connectivity index (χ2n) is 8.28. The second kappa shape index (κ2) is 10.6. The van der Waals surface area contributed by atoms with Gasteiger partial charge in [-0.3, -0.25) is 14.9 Å². The van der Waals surface area contributed by atoms with E-state index in [1.54, 1.807) is 30.3 Å². The molecule has 1 aliphatic heterocycles. The molecule has 1 atom stereocenters. The van der Waals surface area contributed by atoms with Gasteiger partial charge in [0.25, 0.3) is 5.82 Å². The van der Waals surface area contributed by atoms with Crippen molar-refractivity contribution in [1.82, 2.24) is 4.90 Å². The summed E-state index contributed by atoms with van der Waals surface area (Å²) < 4.78 is 45.6.